The van der Waals surface area contributed by atoms with Gasteiger partial charge in [-0.2, -0.15) is 5.10 Å². The maximum atomic E-state index is 12.9. The van der Waals surface area contributed by atoms with Gasteiger partial charge in [-0.15, -0.1) is 11.3 Å². The predicted molar refractivity (Wildman–Crippen MR) is 96.5 cm³/mol. The molecule has 0 radical (unpaired) electrons. The Morgan fingerprint density at radius 2 is 2.08 bits per heavy atom. The van der Waals surface area contributed by atoms with Crippen molar-refractivity contribution >= 4 is 40.1 Å². The third-order valence-electron chi connectivity index (χ3n) is 4.69. The first-order valence-corrected chi connectivity index (χ1v) is 9.39. The molecule has 3 atom stereocenters. The van der Waals surface area contributed by atoms with Crippen molar-refractivity contribution in [3.8, 4) is 0 Å². The molecule has 0 fully saturated rings. The van der Waals surface area contributed by atoms with Gasteiger partial charge in [-0.25, -0.2) is 4.79 Å². The molecule has 1 aromatic heterocycles. The third-order valence-corrected chi connectivity index (χ3v) is 7.14. The Hall–Kier alpha value is -2.06. The monoisotopic (exact) mass is 376 g/mol. The van der Waals surface area contributed by atoms with Crippen molar-refractivity contribution in [2.75, 3.05) is 14.2 Å². The molecular weight excluding hydrogens is 360 g/mol. The Morgan fingerprint density at radius 3 is 2.72 bits per heavy atom. The lowest BCUT2D eigenvalue weighted by Crippen LogP contribution is -2.61. The van der Waals surface area contributed by atoms with Crippen LogP contribution in [-0.4, -0.2) is 53.0 Å². The van der Waals surface area contributed by atoms with Crippen LogP contribution in [0.4, 0.5) is 0 Å². The molecular formula is C17H16N2O4S2. The van der Waals surface area contributed by atoms with E-state index in [9.17, 15) is 9.59 Å². The minimum Gasteiger partial charge on any atom is -0.468 e. The van der Waals surface area contributed by atoms with E-state index in [1.165, 1.54) is 26.0 Å². The summed E-state index contributed by atoms with van der Waals surface area (Å²) >= 11 is 2.81. The first-order valence-electron chi connectivity index (χ1n) is 7.70. The van der Waals surface area contributed by atoms with E-state index in [1.807, 2.05) is 35.5 Å². The Labute approximate surface area is 153 Å². The number of hydrogen-bond acceptors (Lipinski definition) is 8. The van der Waals surface area contributed by atoms with Gasteiger partial charge in [-0.3, -0.25) is 9.80 Å². The van der Waals surface area contributed by atoms with Gasteiger partial charge in [-0.1, -0.05) is 23.9 Å². The highest BCUT2D eigenvalue weighted by Gasteiger charge is 2.63. The second kappa shape index (κ2) is 5.74. The average molecular weight is 376 g/mol. The molecule has 1 aromatic rings. The second-order valence-corrected chi connectivity index (χ2v) is 8.15. The zero-order valence-electron chi connectivity index (χ0n) is 13.9. The lowest BCUT2D eigenvalue weighted by Gasteiger charge is -2.47. The highest BCUT2D eigenvalue weighted by atomic mass is 32.2. The maximum absolute atomic E-state index is 12.9. The van der Waals surface area contributed by atoms with Gasteiger partial charge in [0, 0.05) is 0 Å². The van der Waals surface area contributed by atoms with Gasteiger partial charge in [0.15, 0.2) is 4.75 Å². The van der Waals surface area contributed by atoms with Gasteiger partial charge in [0.1, 0.15) is 5.04 Å². The van der Waals surface area contributed by atoms with Crippen LogP contribution in [0.3, 0.4) is 0 Å². The Bertz CT molecular complexity index is 843. The molecule has 0 amide bonds. The van der Waals surface area contributed by atoms with Gasteiger partial charge in [-0.05, 0) is 30.0 Å². The van der Waals surface area contributed by atoms with Crippen LogP contribution in [0.2, 0.25) is 0 Å². The summed E-state index contributed by atoms with van der Waals surface area (Å²) in [6, 6.07) is 3.35. The van der Waals surface area contributed by atoms with Crippen molar-refractivity contribution < 1.29 is 19.1 Å². The van der Waals surface area contributed by atoms with Gasteiger partial charge >= 0.3 is 11.9 Å². The molecule has 4 rings (SSSR count). The number of thiophene rings is 1. The number of carbonyl (C=O) groups is 2. The minimum absolute atomic E-state index is 0.159. The Morgan fingerprint density at radius 1 is 1.28 bits per heavy atom. The van der Waals surface area contributed by atoms with Crippen LogP contribution in [-0.2, 0) is 19.1 Å². The number of carbonyl (C=O) groups excluding carboxylic acids is 2. The molecule has 0 N–H and O–H groups in total. The highest BCUT2D eigenvalue weighted by molar-refractivity contribution is 8.16. The van der Waals surface area contributed by atoms with Crippen LogP contribution >= 0.6 is 23.1 Å². The number of methoxy groups -OCH3 is 2. The first-order chi connectivity index (χ1) is 12.0. The fourth-order valence-corrected chi connectivity index (χ4v) is 5.73. The smallest absolute Gasteiger partial charge is 0.335 e. The molecule has 0 aliphatic carbocycles. The normalized spacial score (nSPS) is 29.6. The maximum Gasteiger partial charge on any atom is 0.335 e. The van der Waals surface area contributed by atoms with E-state index in [4.69, 9.17) is 14.6 Å². The van der Waals surface area contributed by atoms with Gasteiger partial charge < -0.3 is 9.47 Å². The summed E-state index contributed by atoms with van der Waals surface area (Å²) < 4.78 is 8.88. The molecule has 0 saturated heterocycles. The van der Waals surface area contributed by atoms with Crippen LogP contribution in [0, 0.1) is 0 Å². The molecule has 3 aliphatic rings. The number of nitrogens with zero attached hydrogens (tertiary/aromatic N) is 2. The Balaban J connectivity index is 1.94. The summed E-state index contributed by atoms with van der Waals surface area (Å²) in [4.78, 5) is 26.4. The lowest BCUT2D eigenvalue weighted by atomic mass is 9.87. The van der Waals surface area contributed by atoms with Crippen molar-refractivity contribution in [2.45, 2.75) is 23.8 Å². The zero-order chi connectivity index (χ0) is 17.8. The molecule has 4 heterocycles. The van der Waals surface area contributed by atoms with Crippen LogP contribution in [0.5, 0.6) is 0 Å². The summed E-state index contributed by atoms with van der Waals surface area (Å²) in [5.41, 5.74) is 1.38. The number of thioether (sulfide) groups is 1. The summed E-state index contributed by atoms with van der Waals surface area (Å²) in [5.74, 6) is -0.986. The van der Waals surface area contributed by atoms with Crippen LogP contribution in [0.25, 0.3) is 0 Å². The number of rotatable bonds is 3. The van der Waals surface area contributed by atoms with E-state index < -0.39 is 16.7 Å². The summed E-state index contributed by atoms with van der Waals surface area (Å²) in [6.45, 7) is 1.98. The van der Waals surface area contributed by atoms with Crippen LogP contribution in [0.1, 0.15) is 11.8 Å². The third kappa shape index (κ3) is 2.13. The van der Waals surface area contributed by atoms with Crippen LogP contribution < -0.4 is 0 Å². The van der Waals surface area contributed by atoms with Crippen molar-refractivity contribution in [2.24, 2.45) is 5.10 Å². The molecule has 25 heavy (non-hydrogen) atoms. The number of esters is 2. The second-order valence-electron chi connectivity index (χ2n) is 5.96. The first kappa shape index (κ1) is 16.4. The predicted octanol–water partition coefficient (Wildman–Crippen LogP) is 2.18. The minimum atomic E-state index is -1.23. The van der Waals surface area contributed by atoms with Crippen molar-refractivity contribution in [1.29, 1.82) is 0 Å². The quantitative estimate of drug-likeness (QED) is 0.595. The van der Waals surface area contributed by atoms with Crippen molar-refractivity contribution in [3.05, 3.63) is 45.7 Å². The van der Waals surface area contributed by atoms with Gasteiger partial charge in [0.25, 0.3) is 0 Å². The largest absolute Gasteiger partial charge is 0.468 e. The van der Waals surface area contributed by atoms with Gasteiger partial charge in [0.2, 0.25) is 0 Å². The molecule has 0 saturated carbocycles. The molecule has 8 heteroatoms. The molecule has 0 spiro atoms. The SMILES string of the molecule is COC(=O)C1=CC2C(C)=CC3N2N=C(c2cccs2)SC13C(=O)OC. The molecule has 3 aliphatic heterocycles. The average Bonchev–Trinajstić information content (AvgIpc) is 3.22. The lowest BCUT2D eigenvalue weighted by molar-refractivity contribution is -0.147. The molecule has 4 bridgehead atoms. The molecule has 3 unspecified atom stereocenters. The zero-order valence-corrected chi connectivity index (χ0v) is 15.5. The molecule has 0 aromatic carbocycles. The van der Waals surface area contributed by atoms with E-state index in [0.29, 0.717) is 10.6 Å². The fraction of sp³-hybridized carbons (Fsp3) is 0.353. The highest BCUT2D eigenvalue weighted by Crippen LogP contribution is 2.53. The van der Waals surface area contributed by atoms with E-state index >= 15 is 0 Å². The van der Waals surface area contributed by atoms with E-state index in [1.54, 1.807) is 17.4 Å². The van der Waals surface area contributed by atoms with Gasteiger partial charge in [0.05, 0.1) is 36.8 Å². The molecule has 6 nitrogen and oxygen atoms in total. The van der Waals surface area contributed by atoms with Crippen molar-refractivity contribution in [3.63, 3.8) is 0 Å². The van der Waals surface area contributed by atoms with Crippen LogP contribution in [0.15, 0.2) is 45.9 Å². The van der Waals surface area contributed by atoms with E-state index in [0.717, 1.165) is 10.5 Å². The topological polar surface area (TPSA) is 68.2 Å². The Kier molecular flexibility index (Phi) is 3.77. The van der Waals surface area contributed by atoms with E-state index in [-0.39, 0.29) is 12.1 Å². The number of hydrazone groups is 1. The number of hydrogen-bond donors (Lipinski definition) is 0. The van der Waals surface area contributed by atoms with Crippen molar-refractivity contribution in [1.82, 2.24) is 5.01 Å². The summed E-state index contributed by atoms with van der Waals surface area (Å²) in [6.07, 6.45) is 3.77. The summed E-state index contributed by atoms with van der Waals surface area (Å²) in [5, 5.41) is 9.32. The van der Waals surface area contributed by atoms with E-state index in [2.05, 4.69) is 0 Å². The standard InChI is InChI=1S/C17H16N2O4S2/c1-9-7-13-17(16(21)23-3)10(15(20)22-2)8-11(9)19(13)18-14(25-17)12-5-4-6-24-12/h4-8,11,13H,1-3H3. The fourth-order valence-electron chi connectivity index (χ4n) is 3.53. The summed E-state index contributed by atoms with van der Waals surface area (Å²) in [7, 11) is 2.66. The number of ether oxygens (including phenoxy) is 2. The molecule has 130 valence electrons.